The summed E-state index contributed by atoms with van der Waals surface area (Å²) < 4.78 is 5.51. The minimum atomic E-state index is -0.515. The maximum absolute atomic E-state index is 12.4. The standard InChI is InChI=1S/C20H21NO2/c1-20(2,3)23-19(22)17-13-15-11-7-8-12-16(15)18(21-17)14-9-5-4-6-10-14/h4-13,18,21H,1-3H3. The maximum Gasteiger partial charge on any atom is 0.354 e. The molecule has 3 rings (SSSR count). The number of rotatable bonds is 2. The van der Waals surface area contributed by atoms with Gasteiger partial charge in [-0.25, -0.2) is 4.79 Å². The number of benzene rings is 2. The fraction of sp³-hybridized carbons (Fsp3) is 0.250. The number of hydrogen-bond acceptors (Lipinski definition) is 3. The number of esters is 1. The van der Waals surface area contributed by atoms with Gasteiger partial charge in [0.1, 0.15) is 11.3 Å². The van der Waals surface area contributed by atoms with E-state index in [0.717, 1.165) is 16.7 Å². The Bertz CT molecular complexity index is 742. The van der Waals surface area contributed by atoms with Crippen LogP contribution in [0.15, 0.2) is 60.3 Å². The first-order valence-corrected chi connectivity index (χ1v) is 7.79. The lowest BCUT2D eigenvalue weighted by Gasteiger charge is -2.29. The predicted molar refractivity (Wildman–Crippen MR) is 91.7 cm³/mol. The van der Waals surface area contributed by atoms with Crippen molar-refractivity contribution >= 4 is 12.0 Å². The van der Waals surface area contributed by atoms with Crippen LogP contribution in [0.5, 0.6) is 0 Å². The zero-order chi connectivity index (χ0) is 16.4. The Morgan fingerprint density at radius 2 is 1.65 bits per heavy atom. The van der Waals surface area contributed by atoms with E-state index in [9.17, 15) is 4.79 Å². The minimum absolute atomic E-state index is 0.0556. The second kappa shape index (κ2) is 5.92. The highest BCUT2D eigenvalue weighted by Crippen LogP contribution is 2.31. The summed E-state index contributed by atoms with van der Waals surface area (Å²) >= 11 is 0. The summed E-state index contributed by atoms with van der Waals surface area (Å²) in [6.07, 6.45) is 1.86. The summed E-state index contributed by atoms with van der Waals surface area (Å²) in [5, 5.41) is 3.33. The van der Waals surface area contributed by atoms with Gasteiger partial charge in [0.25, 0.3) is 0 Å². The number of nitrogens with one attached hydrogen (secondary N) is 1. The summed E-state index contributed by atoms with van der Waals surface area (Å²) in [5.74, 6) is -0.326. The Labute approximate surface area is 137 Å². The lowest BCUT2D eigenvalue weighted by atomic mass is 9.91. The van der Waals surface area contributed by atoms with Crippen molar-refractivity contribution in [1.82, 2.24) is 5.32 Å². The third-order valence-corrected chi connectivity index (χ3v) is 3.66. The predicted octanol–water partition coefficient (Wildman–Crippen LogP) is 4.06. The third kappa shape index (κ3) is 3.45. The monoisotopic (exact) mass is 307 g/mol. The molecule has 1 unspecified atom stereocenters. The number of carbonyl (C=O) groups excluding carboxylic acids is 1. The first-order chi connectivity index (χ1) is 10.9. The van der Waals surface area contributed by atoms with Crippen LogP contribution in [0, 0.1) is 0 Å². The first kappa shape index (κ1) is 15.3. The van der Waals surface area contributed by atoms with Crippen molar-refractivity contribution in [3.63, 3.8) is 0 Å². The molecule has 2 aromatic rings. The van der Waals surface area contributed by atoms with E-state index < -0.39 is 5.60 Å². The molecule has 1 aliphatic rings. The van der Waals surface area contributed by atoms with Crippen molar-refractivity contribution in [2.45, 2.75) is 32.4 Å². The van der Waals surface area contributed by atoms with Crippen LogP contribution < -0.4 is 5.32 Å². The molecule has 1 heterocycles. The van der Waals surface area contributed by atoms with Crippen molar-refractivity contribution < 1.29 is 9.53 Å². The topological polar surface area (TPSA) is 38.3 Å². The summed E-state index contributed by atoms with van der Waals surface area (Å²) in [6, 6.07) is 18.2. The van der Waals surface area contributed by atoms with Crippen LogP contribution in [0.1, 0.15) is 43.5 Å². The van der Waals surface area contributed by atoms with Gasteiger partial charge in [0.05, 0.1) is 6.04 Å². The number of ether oxygens (including phenoxy) is 1. The first-order valence-electron chi connectivity index (χ1n) is 7.79. The zero-order valence-electron chi connectivity index (χ0n) is 13.7. The van der Waals surface area contributed by atoms with E-state index in [4.69, 9.17) is 4.74 Å². The normalized spacial score (nSPS) is 16.8. The average Bonchev–Trinajstić information content (AvgIpc) is 2.53. The van der Waals surface area contributed by atoms with Crippen molar-refractivity contribution in [3.8, 4) is 0 Å². The molecule has 3 heteroatoms. The van der Waals surface area contributed by atoms with E-state index >= 15 is 0 Å². The molecule has 0 bridgehead atoms. The van der Waals surface area contributed by atoms with Gasteiger partial charge in [0.2, 0.25) is 0 Å². The fourth-order valence-corrected chi connectivity index (χ4v) is 2.69. The van der Waals surface area contributed by atoms with Crippen LogP contribution >= 0.6 is 0 Å². The highest BCUT2D eigenvalue weighted by Gasteiger charge is 2.27. The van der Waals surface area contributed by atoms with Crippen molar-refractivity contribution in [1.29, 1.82) is 0 Å². The molecular weight excluding hydrogens is 286 g/mol. The van der Waals surface area contributed by atoms with Gasteiger partial charge in [-0.05, 0) is 43.5 Å². The Kier molecular flexibility index (Phi) is 3.95. The highest BCUT2D eigenvalue weighted by molar-refractivity contribution is 5.94. The highest BCUT2D eigenvalue weighted by atomic mass is 16.6. The van der Waals surface area contributed by atoms with Gasteiger partial charge in [-0.3, -0.25) is 0 Å². The zero-order valence-corrected chi connectivity index (χ0v) is 13.7. The Hall–Kier alpha value is -2.55. The molecule has 0 saturated heterocycles. The second-order valence-corrected chi connectivity index (χ2v) is 6.68. The minimum Gasteiger partial charge on any atom is -0.455 e. The van der Waals surface area contributed by atoms with Crippen LogP contribution in [0.3, 0.4) is 0 Å². The molecule has 0 saturated carbocycles. The van der Waals surface area contributed by atoms with Crippen LogP contribution in [0.4, 0.5) is 0 Å². The summed E-state index contributed by atoms with van der Waals surface area (Å²) in [5.41, 5.74) is 3.30. The Morgan fingerprint density at radius 3 is 2.35 bits per heavy atom. The van der Waals surface area contributed by atoms with E-state index in [1.54, 1.807) is 0 Å². The van der Waals surface area contributed by atoms with Crippen LogP contribution in [-0.4, -0.2) is 11.6 Å². The van der Waals surface area contributed by atoms with E-state index in [1.165, 1.54) is 0 Å². The molecular formula is C20H21NO2. The summed E-state index contributed by atoms with van der Waals surface area (Å²) in [6.45, 7) is 5.62. The summed E-state index contributed by atoms with van der Waals surface area (Å²) in [4.78, 5) is 12.4. The quantitative estimate of drug-likeness (QED) is 0.850. The number of hydrogen-bond donors (Lipinski definition) is 1. The van der Waals surface area contributed by atoms with E-state index in [-0.39, 0.29) is 12.0 Å². The van der Waals surface area contributed by atoms with Gasteiger partial charge >= 0.3 is 5.97 Å². The molecule has 1 aliphatic heterocycles. The molecule has 2 aromatic carbocycles. The molecule has 0 aliphatic carbocycles. The molecule has 1 atom stereocenters. The maximum atomic E-state index is 12.4. The molecule has 0 radical (unpaired) electrons. The van der Waals surface area contributed by atoms with Gasteiger partial charge in [0.15, 0.2) is 0 Å². The molecule has 0 fully saturated rings. The third-order valence-electron chi connectivity index (χ3n) is 3.66. The van der Waals surface area contributed by atoms with Gasteiger partial charge in [-0.2, -0.15) is 0 Å². The SMILES string of the molecule is CC(C)(C)OC(=O)C1=Cc2ccccc2C(c2ccccc2)N1. The largest absolute Gasteiger partial charge is 0.455 e. The van der Waals surface area contributed by atoms with Gasteiger partial charge in [0, 0.05) is 0 Å². The van der Waals surface area contributed by atoms with Crippen LogP contribution in [0.25, 0.3) is 6.08 Å². The van der Waals surface area contributed by atoms with E-state index in [1.807, 2.05) is 63.2 Å². The smallest absolute Gasteiger partial charge is 0.354 e. The molecule has 3 nitrogen and oxygen atoms in total. The van der Waals surface area contributed by atoms with E-state index in [2.05, 4.69) is 23.5 Å². The lowest BCUT2D eigenvalue weighted by molar-refractivity contribution is -0.150. The second-order valence-electron chi connectivity index (χ2n) is 6.68. The number of carbonyl (C=O) groups is 1. The molecule has 1 N–H and O–H groups in total. The van der Waals surface area contributed by atoms with Gasteiger partial charge in [-0.15, -0.1) is 0 Å². The van der Waals surface area contributed by atoms with Crippen molar-refractivity contribution in [2.75, 3.05) is 0 Å². The molecule has 0 amide bonds. The average molecular weight is 307 g/mol. The molecule has 0 aromatic heterocycles. The Morgan fingerprint density at radius 1 is 1.00 bits per heavy atom. The molecule has 118 valence electrons. The van der Waals surface area contributed by atoms with Gasteiger partial charge < -0.3 is 10.1 Å². The van der Waals surface area contributed by atoms with E-state index in [0.29, 0.717) is 5.70 Å². The summed E-state index contributed by atoms with van der Waals surface area (Å²) in [7, 11) is 0. The van der Waals surface area contributed by atoms with Crippen molar-refractivity contribution in [2.24, 2.45) is 0 Å². The van der Waals surface area contributed by atoms with Crippen molar-refractivity contribution in [3.05, 3.63) is 77.0 Å². The van der Waals surface area contributed by atoms with Gasteiger partial charge in [-0.1, -0.05) is 54.6 Å². The van der Waals surface area contributed by atoms with Crippen LogP contribution in [0.2, 0.25) is 0 Å². The lowest BCUT2D eigenvalue weighted by Crippen LogP contribution is -2.34. The fourth-order valence-electron chi connectivity index (χ4n) is 2.69. The Balaban J connectivity index is 1.99. The van der Waals surface area contributed by atoms with Crippen LogP contribution in [-0.2, 0) is 9.53 Å². The number of fused-ring (bicyclic) bond motifs is 1. The molecule has 0 spiro atoms. The molecule has 23 heavy (non-hydrogen) atoms.